The highest BCUT2D eigenvalue weighted by molar-refractivity contribution is 6.31. The van der Waals surface area contributed by atoms with Gasteiger partial charge in [0.25, 0.3) is 0 Å². The molecule has 1 rings (SSSR count). The summed E-state index contributed by atoms with van der Waals surface area (Å²) >= 11 is 5.86. The number of anilines is 1. The summed E-state index contributed by atoms with van der Waals surface area (Å²) in [6.45, 7) is 0.135. The van der Waals surface area contributed by atoms with E-state index >= 15 is 0 Å². The largest absolute Gasteiger partial charge is 0.390 e. The van der Waals surface area contributed by atoms with Crippen molar-refractivity contribution in [3.63, 3.8) is 0 Å². The maximum Gasteiger partial charge on any atom is 0.390 e. The standard InChI is InChI=1S/C10H13ClF3N3/c1-17(5-4-10(12,13)14)6-8-7(11)2-3-9(15)16-8/h2-3H,4-6H2,1H3,(H2,15,16). The number of nitrogens with two attached hydrogens (primary N) is 1. The second-order valence-corrected chi connectivity index (χ2v) is 4.17. The minimum absolute atomic E-state index is 0.101. The molecular weight excluding hydrogens is 255 g/mol. The van der Waals surface area contributed by atoms with E-state index in [2.05, 4.69) is 4.98 Å². The molecule has 0 radical (unpaired) electrons. The Bertz CT molecular complexity index is 382. The Morgan fingerprint density at radius 2 is 2.06 bits per heavy atom. The average molecular weight is 268 g/mol. The molecule has 1 aromatic heterocycles. The molecule has 0 atom stereocenters. The monoisotopic (exact) mass is 267 g/mol. The zero-order valence-corrected chi connectivity index (χ0v) is 10.0. The number of alkyl halides is 3. The van der Waals surface area contributed by atoms with Crippen molar-refractivity contribution < 1.29 is 13.2 Å². The first-order chi connectivity index (χ1) is 7.78. The van der Waals surface area contributed by atoms with Crippen LogP contribution < -0.4 is 5.73 Å². The summed E-state index contributed by atoms with van der Waals surface area (Å²) in [6, 6.07) is 3.12. The number of rotatable bonds is 4. The summed E-state index contributed by atoms with van der Waals surface area (Å²) in [6.07, 6.45) is -5.01. The maximum atomic E-state index is 12.0. The molecule has 0 aliphatic rings. The van der Waals surface area contributed by atoms with Gasteiger partial charge in [0.1, 0.15) is 5.82 Å². The number of hydrogen-bond donors (Lipinski definition) is 1. The average Bonchev–Trinajstić information content (AvgIpc) is 2.20. The molecule has 0 saturated carbocycles. The lowest BCUT2D eigenvalue weighted by Crippen LogP contribution is -2.24. The lowest BCUT2D eigenvalue weighted by molar-refractivity contribution is -0.137. The maximum absolute atomic E-state index is 12.0. The Morgan fingerprint density at radius 3 is 2.65 bits per heavy atom. The van der Waals surface area contributed by atoms with Crippen LogP contribution in [0.2, 0.25) is 5.02 Å². The van der Waals surface area contributed by atoms with Crippen molar-refractivity contribution in [2.24, 2.45) is 0 Å². The molecule has 0 amide bonds. The smallest absolute Gasteiger partial charge is 0.384 e. The quantitative estimate of drug-likeness (QED) is 0.912. The predicted octanol–water partition coefficient (Wildman–Crippen LogP) is 2.70. The molecule has 0 unspecified atom stereocenters. The first kappa shape index (κ1) is 14.1. The molecule has 2 N–H and O–H groups in total. The van der Waals surface area contributed by atoms with Gasteiger partial charge in [-0.25, -0.2) is 4.98 Å². The summed E-state index contributed by atoms with van der Waals surface area (Å²) in [7, 11) is 1.58. The second kappa shape index (κ2) is 5.55. The van der Waals surface area contributed by atoms with Crippen molar-refractivity contribution in [2.45, 2.75) is 19.1 Å². The van der Waals surface area contributed by atoms with Gasteiger partial charge in [-0.3, -0.25) is 0 Å². The van der Waals surface area contributed by atoms with Gasteiger partial charge < -0.3 is 10.6 Å². The van der Waals surface area contributed by atoms with Crippen LogP contribution in [0.4, 0.5) is 19.0 Å². The topological polar surface area (TPSA) is 42.2 Å². The molecule has 0 aliphatic carbocycles. The fraction of sp³-hybridized carbons (Fsp3) is 0.500. The molecule has 7 heteroatoms. The molecule has 1 heterocycles. The zero-order chi connectivity index (χ0) is 13.1. The molecule has 0 aromatic carbocycles. The van der Waals surface area contributed by atoms with Crippen LogP contribution in [0.25, 0.3) is 0 Å². The number of aromatic nitrogens is 1. The third kappa shape index (κ3) is 5.23. The summed E-state index contributed by atoms with van der Waals surface area (Å²) in [5, 5.41) is 0.401. The molecular formula is C10H13ClF3N3. The summed E-state index contributed by atoms with van der Waals surface area (Å²) in [5.41, 5.74) is 5.96. The first-order valence-electron chi connectivity index (χ1n) is 4.94. The van der Waals surface area contributed by atoms with Gasteiger partial charge >= 0.3 is 6.18 Å². The van der Waals surface area contributed by atoms with Crippen molar-refractivity contribution in [2.75, 3.05) is 19.3 Å². The molecule has 0 aliphatic heterocycles. The SMILES string of the molecule is CN(CCC(F)(F)F)Cc1nc(N)ccc1Cl. The van der Waals surface area contributed by atoms with Crippen LogP contribution >= 0.6 is 11.6 Å². The Morgan fingerprint density at radius 1 is 1.41 bits per heavy atom. The number of nitrogens with zero attached hydrogens (tertiary/aromatic N) is 2. The van der Waals surface area contributed by atoms with Crippen molar-refractivity contribution in [1.82, 2.24) is 9.88 Å². The highest BCUT2D eigenvalue weighted by atomic mass is 35.5. The first-order valence-corrected chi connectivity index (χ1v) is 5.32. The third-order valence-electron chi connectivity index (χ3n) is 2.14. The molecule has 0 spiro atoms. The van der Waals surface area contributed by atoms with Gasteiger partial charge in [0.05, 0.1) is 17.1 Å². The van der Waals surface area contributed by atoms with E-state index in [0.29, 0.717) is 16.5 Å². The zero-order valence-electron chi connectivity index (χ0n) is 9.26. The molecule has 1 aromatic rings. The normalized spacial score (nSPS) is 12.1. The van der Waals surface area contributed by atoms with E-state index in [4.69, 9.17) is 17.3 Å². The van der Waals surface area contributed by atoms with E-state index in [0.717, 1.165) is 0 Å². The Labute approximate surface area is 102 Å². The molecule has 0 fully saturated rings. The third-order valence-corrected chi connectivity index (χ3v) is 2.48. The molecule has 96 valence electrons. The van der Waals surface area contributed by atoms with Crippen molar-refractivity contribution in [3.8, 4) is 0 Å². The van der Waals surface area contributed by atoms with E-state index in [1.807, 2.05) is 0 Å². The van der Waals surface area contributed by atoms with Gasteiger partial charge in [0.15, 0.2) is 0 Å². The Kier molecular flexibility index (Phi) is 4.59. The minimum atomic E-state index is -4.15. The number of pyridine rings is 1. The van der Waals surface area contributed by atoms with Crippen LogP contribution in [0.1, 0.15) is 12.1 Å². The van der Waals surface area contributed by atoms with Gasteiger partial charge in [0, 0.05) is 13.1 Å². The summed E-state index contributed by atoms with van der Waals surface area (Å²) in [5.74, 6) is 0.300. The Balaban J connectivity index is 2.56. The number of hydrogen-bond acceptors (Lipinski definition) is 3. The van der Waals surface area contributed by atoms with E-state index in [1.165, 1.54) is 4.90 Å². The predicted molar refractivity (Wildman–Crippen MR) is 60.7 cm³/mol. The fourth-order valence-corrected chi connectivity index (χ4v) is 1.43. The van der Waals surface area contributed by atoms with Gasteiger partial charge in [0.2, 0.25) is 0 Å². The van der Waals surface area contributed by atoms with Gasteiger partial charge in [-0.05, 0) is 19.2 Å². The molecule has 3 nitrogen and oxygen atoms in total. The highest BCUT2D eigenvalue weighted by Gasteiger charge is 2.27. The number of halogens is 4. The molecule has 0 saturated heterocycles. The molecule has 0 bridgehead atoms. The van der Waals surface area contributed by atoms with Crippen molar-refractivity contribution in [3.05, 3.63) is 22.8 Å². The Hall–Kier alpha value is -1.01. The summed E-state index contributed by atoms with van der Waals surface area (Å²) < 4.78 is 36.0. The van der Waals surface area contributed by atoms with Crippen LogP contribution in [0.15, 0.2) is 12.1 Å². The van der Waals surface area contributed by atoms with Crippen molar-refractivity contribution in [1.29, 1.82) is 0 Å². The minimum Gasteiger partial charge on any atom is -0.384 e. The van der Waals surface area contributed by atoms with Crippen molar-refractivity contribution >= 4 is 17.4 Å². The second-order valence-electron chi connectivity index (χ2n) is 3.77. The van der Waals surface area contributed by atoms with Crippen LogP contribution in [0, 0.1) is 0 Å². The lowest BCUT2D eigenvalue weighted by atomic mass is 10.3. The van der Waals surface area contributed by atoms with Crippen LogP contribution in [-0.4, -0.2) is 29.7 Å². The van der Waals surface area contributed by atoms with E-state index in [9.17, 15) is 13.2 Å². The fourth-order valence-electron chi connectivity index (χ4n) is 1.26. The summed E-state index contributed by atoms with van der Waals surface area (Å²) in [4.78, 5) is 5.48. The van der Waals surface area contributed by atoms with Gasteiger partial charge in [-0.15, -0.1) is 0 Å². The van der Waals surface area contributed by atoms with Crippen LogP contribution in [0.5, 0.6) is 0 Å². The highest BCUT2D eigenvalue weighted by Crippen LogP contribution is 2.21. The van der Waals surface area contributed by atoms with E-state index in [-0.39, 0.29) is 13.1 Å². The molecule has 17 heavy (non-hydrogen) atoms. The van der Waals surface area contributed by atoms with E-state index in [1.54, 1.807) is 19.2 Å². The lowest BCUT2D eigenvalue weighted by Gasteiger charge is -2.17. The van der Waals surface area contributed by atoms with Crippen LogP contribution in [0.3, 0.4) is 0 Å². The van der Waals surface area contributed by atoms with E-state index < -0.39 is 12.6 Å². The van der Waals surface area contributed by atoms with Crippen LogP contribution in [-0.2, 0) is 6.54 Å². The number of nitrogen functional groups attached to an aromatic ring is 1. The van der Waals surface area contributed by atoms with Gasteiger partial charge in [-0.2, -0.15) is 13.2 Å². The van der Waals surface area contributed by atoms with Gasteiger partial charge in [-0.1, -0.05) is 11.6 Å².